The van der Waals surface area contributed by atoms with Crippen molar-refractivity contribution in [3.05, 3.63) is 53.6 Å². The molecule has 0 atom stereocenters. The Kier molecular flexibility index (Phi) is 17.8. The molecule has 0 spiro atoms. The van der Waals surface area contributed by atoms with E-state index in [1.165, 1.54) is 12.1 Å². The second kappa shape index (κ2) is 15.9. The molecule has 0 unspecified atom stereocenters. The van der Waals surface area contributed by atoms with Gasteiger partial charge in [-0.1, -0.05) is 36.4 Å². The van der Waals surface area contributed by atoms with Crippen molar-refractivity contribution in [1.82, 2.24) is 0 Å². The van der Waals surface area contributed by atoms with Crippen molar-refractivity contribution in [2.75, 3.05) is 6.61 Å². The molecule has 7 nitrogen and oxygen atoms in total. The molecule has 1 aromatic rings. The van der Waals surface area contributed by atoms with Gasteiger partial charge >= 0.3 is 23.0 Å². The summed E-state index contributed by atoms with van der Waals surface area (Å²) in [4.78, 5) is 28.4. The summed E-state index contributed by atoms with van der Waals surface area (Å²) in [5.74, 6) is -3.20. The number of aliphatic carboxylic acids is 3. The summed E-state index contributed by atoms with van der Waals surface area (Å²) in [7, 11) is 0. The van der Waals surface area contributed by atoms with E-state index in [0.29, 0.717) is 15.8 Å². The number of hydrogen-bond donors (Lipinski definition) is 1. The van der Waals surface area contributed by atoms with E-state index >= 15 is 0 Å². The number of carbonyl (C=O) groups is 3. The first-order valence-corrected chi connectivity index (χ1v) is 6.36. The van der Waals surface area contributed by atoms with Crippen LogP contribution in [0.3, 0.4) is 0 Å². The summed E-state index contributed by atoms with van der Waals surface area (Å²) in [6, 6.07) is 4.58. The van der Waals surface area contributed by atoms with E-state index in [4.69, 9.17) is 52.8 Å². The van der Waals surface area contributed by atoms with E-state index < -0.39 is 24.5 Å². The van der Waals surface area contributed by atoms with E-state index in [1.54, 1.807) is 6.07 Å². The Morgan fingerprint density at radius 2 is 1.54 bits per heavy atom. The molecule has 0 aliphatic heterocycles. The standard InChI is InChI=1S/C8H6Cl2O3.2C3H4O2.Cu/c9-5-1-2-7(6(10)3-5)13-4-8(11)12;2*1-2-3(4)5;/h1-3H,4H2,(H,11,12);2*2H,1H2,(H,4,5);/q;;;+2/p-2. The summed E-state index contributed by atoms with van der Waals surface area (Å²) in [5.41, 5.74) is 0. The van der Waals surface area contributed by atoms with Gasteiger partial charge in [0.25, 0.3) is 0 Å². The fourth-order valence-electron chi connectivity index (χ4n) is 0.732. The molecule has 1 aromatic carbocycles. The molecule has 0 heterocycles. The monoisotopic (exact) mass is 425 g/mol. The quantitative estimate of drug-likeness (QED) is 0.530. The number of hydrogen-bond acceptors (Lipinski definition) is 6. The number of benzene rings is 1. The largest absolute Gasteiger partial charge is 2.00 e. The van der Waals surface area contributed by atoms with Gasteiger partial charge in [0.05, 0.1) is 17.0 Å². The van der Waals surface area contributed by atoms with Crippen LogP contribution in [0.1, 0.15) is 0 Å². The first kappa shape index (κ1) is 26.9. The minimum absolute atomic E-state index is 0. The Balaban J connectivity index is -0.000000337. The molecule has 24 heavy (non-hydrogen) atoms. The molecule has 1 rings (SSSR count). The van der Waals surface area contributed by atoms with Crippen LogP contribution >= 0.6 is 23.2 Å². The second-order valence-electron chi connectivity index (χ2n) is 3.30. The van der Waals surface area contributed by atoms with Crippen LogP contribution < -0.4 is 14.9 Å². The zero-order valence-electron chi connectivity index (χ0n) is 12.0. The van der Waals surface area contributed by atoms with Crippen LogP contribution in [0.25, 0.3) is 0 Å². The fourth-order valence-corrected chi connectivity index (χ4v) is 1.19. The minimum Gasteiger partial charge on any atom is -0.545 e. The van der Waals surface area contributed by atoms with Gasteiger partial charge in [-0.3, -0.25) is 0 Å². The summed E-state index contributed by atoms with van der Waals surface area (Å²) in [6.45, 7) is 5.38. The Morgan fingerprint density at radius 3 is 1.83 bits per heavy atom. The van der Waals surface area contributed by atoms with Gasteiger partial charge < -0.3 is 29.6 Å². The van der Waals surface area contributed by atoms with E-state index in [2.05, 4.69) is 13.2 Å². The van der Waals surface area contributed by atoms with Crippen molar-refractivity contribution in [3.63, 3.8) is 0 Å². The average Bonchev–Trinajstić information content (AvgIpc) is 2.47. The normalized spacial score (nSPS) is 7.92. The van der Waals surface area contributed by atoms with Gasteiger partial charge in [0.1, 0.15) is 5.75 Å². The van der Waals surface area contributed by atoms with Gasteiger partial charge in [0.15, 0.2) is 6.61 Å². The van der Waals surface area contributed by atoms with Crippen LogP contribution in [0.5, 0.6) is 5.75 Å². The predicted octanol–water partition coefficient (Wildman–Crippen LogP) is 0.299. The van der Waals surface area contributed by atoms with Crippen LogP contribution in [0, 0.1) is 0 Å². The first-order valence-electron chi connectivity index (χ1n) is 5.60. The second-order valence-corrected chi connectivity index (χ2v) is 4.15. The first-order chi connectivity index (χ1) is 10.6. The van der Waals surface area contributed by atoms with Crippen molar-refractivity contribution in [1.29, 1.82) is 0 Å². The molecule has 0 bridgehead atoms. The summed E-state index contributed by atoms with van der Waals surface area (Å²) >= 11 is 11.3. The van der Waals surface area contributed by atoms with E-state index in [-0.39, 0.29) is 17.1 Å². The number of ether oxygens (including phenoxy) is 1. The minimum atomic E-state index is -1.23. The number of carboxylic acids is 3. The van der Waals surface area contributed by atoms with Crippen LogP contribution in [0.4, 0.5) is 0 Å². The summed E-state index contributed by atoms with van der Waals surface area (Å²) < 4.78 is 4.86. The van der Waals surface area contributed by atoms with E-state index in [0.717, 1.165) is 12.2 Å². The van der Waals surface area contributed by atoms with Gasteiger partial charge in [-0.25, -0.2) is 4.79 Å². The average molecular weight is 427 g/mol. The maximum atomic E-state index is 10.2. The zero-order valence-corrected chi connectivity index (χ0v) is 14.4. The summed E-state index contributed by atoms with van der Waals surface area (Å²) in [5, 5.41) is 27.4. The zero-order chi connectivity index (χ0) is 18.4. The molecule has 0 saturated carbocycles. The third-order valence-electron chi connectivity index (χ3n) is 1.58. The maximum absolute atomic E-state index is 10.2. The Hall–Kier alpha value is -1.99. The van der Waals surface area contributed by atoms with Gasteiger partial charge in [-0.05, 0) is 30.4 Å². The topological polar surface area (TPSA) is 127 Å². The van der Waals surface area contributed by atoms with E-state index in [1.807, 2.05) is 0 Å². The van der Waals surface area contributed by atoms with E-state index in [9.17, 15) is 4.79 Å². The van der Waals surface area contributed by atoms with Crippen molar-refractivity contribution in [2.24, 2.45) is 0 Å². The molecular formula is C14H12Cl2CuO7. The molecule has 0 saturated heterocycles. The van der Waals surface area contributed by atoms with Gasteiger partial charge in [0, 0.05) is 5.02 Å². The molecule has 10 heteroatoms. The Bertz CT molecular complexity index is 558. The van der Waals surface area contributed by atoms with Crippen molar-refractivity contribution in [2.45, 2.75) is 0 Å². The molecule has 0 aliphatic rings. The fraction of sp³-hybridized carbons (Fsp3) is 0.0714. The maximum Gasteiger partial charge on any atom is 2.00 e. The molecule has 0 aromatic heterocycles. The molecule has 0 fully saturated rings. The Labute approximate surface area is 158 Å². The van der Waals surface area contributed by atoms with Crippen molar-refractivity contribution in [3.8, 4) is 5.75 Å². The number of carbonyl (C=O) groups excluding carboxylic acids is 2. The SMILES string of the molecule is C=CC(=O)[O-].C=CC(=O)[O-].O=C(O)COc1ccc(Cl)cc1Cl.[Cu+2]. The molecule has 1 radical (unpaired) electrons. The number of carboxylic acid groups (broad SMARTS) is 3. The van der Waals surface area contributed by atoms with Crippen molar-refractivity contribution < 1.29 is 51.5 Å². The van der Waals surface area contributed by atoms with Gasteiger partial charge in [-0.15, -0.1) is 0 Å². The number of halogens is 2. The molecular weight excluding hydrogens is 415 g/mol. The predicted molar refractivity (Wildman–Crippen MR) is 80.0 cm³/mol. The smallest absolute Gasteiger partial charge is 0.545 e. The van der Waals surface area contributed by atoms with Crippen LogP contribution in [-0.2, 0) is 31.5 Å². The van der Waals surface area contributed by atoms with Crippen LogP contribution in [0.2, 0.25) is 10.0 Å². The molecule has 1 N–H and O–H groups in total. The van der Waals surface area contributed by atoms with Crippen LogP contribution in [-0.4, -0.2) is 29.6 Å². The molecule has 0 amide bonds. The third kappa shape index (κ3) is 18.1. The third-order valence-corrected chi connectivity index (χ3v) is 2.11. The number of rotatable bonds is 5. The molecule has 135 valence electrons. The van der Waals surface area contributed by atoms with Crippen LogP contribution in [0.15, 0.2) is 43.5 Å². The summed E-state index contributed by atoms with van der Waals surface area (Å²) in [6.07, 6.45) is 1.44. The molecule has 0 aliphatic carbocycles. The van der Waals surface area contributed by atoms with Gasteiger partial charge in [-0.2, -0.15) is 0 Å². The Morgan fingerprint density at radius 1 is 1.12 bits per heavy atom. The van der Waals surface area contributed by atoms with Gasteiger partial charge in [0.2, 0.25) is 0 Å². The van der Waals surface area contributed by atoms with Crippen molar-refractivity contribution >= 4 is 41.1 Å².